The first-order valence-corrected chi connectivity index (χ1v) is 6.15. The van der Waals surface area contributed by atoms with Crippen LogP contribution in [0.3, 0.4) is 0 Å². The summed E-state index contributed by atoms with van der Waals surface area (Å²) in [6, 6.07) is 1.82. The second-order valence-electron chi connectivity index (χ2n) is 4.90. The number of carboxylic acid groups (broad SMARTS) is 1. The van der Waals surface area contributed by atoms with Gasteiger partial charge in [0.1, 0.15) is 6.54 Å². The summed E-state index contributed by atoms with van der Waals surface area (Å²) in [5, 5.41) is 24.9. The van der Waals surface area contributed by atoms with Crippen molar-refractivity contribution in [1.82, 2.24) is 30.0 Å². The third kappa shape index (κ3) is 2.09. The fourth-order valence-corrected chi connectivity index (χ4v) is 2.33. The van der Waals surface area contributed by atoms with E-state index in [1.807, 2.05) is 12.3 Å². The topological polar surface area (TPSA) is 98.7 Å². The Balaban J connectivity index is 1.78. The Kier molecular flexibility index (Phi) is 2.77. The van der Waals surface area contributed by atoms with Crippen molar-refractivity contribution in [2.75, 3.05) is 0 Å². The lowest BCUT2D eigenvalue weighted by molar-refractivity contribution is -0.156. The summed E-state index contributed by atoms with van der Waals surface area (Å²) in [4.78, 5) is 11.4. The number of tetrazole rings is 1. The van der Waals surface area contributed by atoms with Crippen LogP contribution in [0.4, 0.5) is 0 Å². The predicted molar refractivity (Wildman–Crippen MR) is 63.1 cm³/mol. The largest absolute Gasteiger partial charge is 0.481 e. The fourth-order valence-electron chi connectivity index (χ4n) is 2.33. The molecule has 0 aromatic carbocycles. The number of nitrogens with zero attached hydrogens (tertiary/aromatic N) is 6. The van der Waals surface area contributed by atoms with Crippen molar-refractivity contribution in [1.29, 1.82) is 0 Å². The van der Waals surface area contributed by atoms with Gasteiger partial charge in [-0.05, 0) is 29.3 Å². The Morgan fingerprint density at radius 1 is 1.47 bits per heavy atom. The minimum absolute atomic E-state index is 0.325. The highest BCUT2D eigenvalue weighted by molar-refractivity contribution is 5.75. The SMILES string of the molecule is O=C(O)C1(Cn2nnnc2Cn2cccn2)CCC1. The minimum Gasteiger partial charge on any atom is -0.481 e. The molecular formula is C11H14N6O2. The zero-order chi connectivity index (χ0) is 13.3. The molecule has 0 unspecified atom stereocenters. The van der Waals surface area contributed by atoms with E-state index in [9.17, 15) is 9.90 Å². The molecule has 2 heterocycles. The molecule has 0 spiro atoms. The van der Waals surface area contributed by atoms with E-state index in [1.54, 1.807) is 15.6 Å². The molecule has 8 heteroatoms. The highest BCUT2D eigenvalue weighted by Gasteiger charge is 2.45. The van der Waals surface area contributed by atoms with Crippen molar-refractivity contribution in [3.05, 3.63) is 24.3 Å². The highest BCUT2D eigenvalue weighted by atomic mass is 16.4. The van der Waals surface area contributed by atoms with E-state index < -0.39 is 11.4 Å². The maximum Gasteiger partial charge on any atom is 0.311 e. The summed E-state index contributed by atoms with van der Waals surface area (Å²) in [6.45, 7) is 0.766. The van der Waals surface area contributed by atoms with Crippen molar-refractivity contribution >= 4 is 5.97 Å². The first-order chi connectivity index (χ1) is 9.20. The summed E-state index contributed by atoms with van der Waals surface area (Å²) < 4.78 is 3.28. The van der Waals surface area contributed by atoms with Gasteiger partial charge in [-0.3, -0.25) is 9.48 Å². The fraction of sp³-hybridized carbons (Fsp3) is 0.545. The molecule has 0 saturated heterocycles. The van der Waals surface area contributed by atoms with Crippen LogP contribution in [0.25, 0.3) is 0 Å². The van der Waals surface area contributed by atoms with Crippen LogP contribution in [0, 0.1) is 5.41 Å². The van der Waals surface area contributed by atoms with E-state index in [0.29, 0.717) is 31.8 Å². The smallest absolute Gasteiger partial charge is 0.311 e. The number of aromatic nitrogens is 6. The maximum absolute atomic E-state index is 11.4. The van der Waals surface area contributed by atoms with Gasteiger partial charge in [-0.15, -0.1) is 5.10 Å². The van der Waals surface area contributed by atoms with E-state index in [0.717, 1.165) is 6.42 Å². The lowest BCUT2D eigenvalue weighted by Gasteiger charge is -2.37. The standard InChI is InChI=1S/C11H14N6O2/c18-10(19)11(3-1-4-11)8-17-9(13-14-15-17)7-16-6-2-5-12-16/h2,5-6H,1,3-4,7-8H2,(H,18,19). The van der Waals surface area contributed by atoms with E-state index in [4.69, 9.17) is 0 Å². The van der Waals surface area contributed by atoms with E-state index in [1.165, 1.54) is 0 Å². The molecule has 1 N–H and O–H groups in total. The monoisotopic (exact) mass is 262 g/mol. The van der Waals surface area contributed by atoms with Crippen LogP contribution in [-0.4, -0.2) is 41.1 Å². The van der Waals surface area contributed by atoms with Crippen LogP contribution in [0.1, 0.15) is 25.1 Å². The molecule has 8 nitrogen and oxygen atoms in total. The van der Waals surface area contributed by atoms with Crippen LogP contribution >= 0.6 is 0 Å². The molecule has 1 fully saturated rings. The maximum atomic E-state index is 11.4. The average molecular weight is 262 g/mol. The van der Waals surface area contributed by atoms with Crippen LogP contribution in [0.2, 0.25) is 0 Å². The molecule has 0 bridgehead atoms. The number of hydrogen-bond acceptors (Lipinski definition) is 5. The highest BCUT2D eigenvalue weighted by Crippen LogP contribution is 2.42. The third-order valence-corrected chi connectivity index (χ3v) is 3.69. The lowest BCUT2D eigenvalue weighted by atomic mass is 9.69. The Labute approximate surface area is 109 Å². The number of carbonyl (C=O) groups is 1. The summed E-state index contributed by atoms with van der Waals surface area (Å²) in [5.41, 5.74) is -0.700. The molecule has 0 aliphatic heterocycles. The van der Waals surface area contributed by atoms with Crippen molar-refractivity contribution in [2.24, 2.45) is 5.41 Å². The Bertz CT molecular complexity index is 572. The quantitative estimate of drug-likeness (QED) is 0.824. The van der Waals surface area contributed by atoms with Gasteiger partial charge in [0, 0.05) is 12.4 Å². The summed E-state index contributed by atoms with van der Waals surface area (Å²) in [7, 11) is 0. The average Bonchev–Trinajstić information content (AvgIpc) is 2.96. The van der Waals surface area contributed by atoms with Gasteiger partial charge in [0.05, 0.1) is 12.0 Å². The molecule has 0 amide bonds. The molecule has 0 atom stereocenters. The van der Waals surface area contributed by atoms with E-state index >= 15 is 0 Å². The first kappa shape index (κ1) is 11.8. The molecule has 1 aliphatic rings. The second-order valence-corrected chi connectivity index (χ2v) is 4.90. The van der Waals surface area contributed by atoms with Crippen molar-refractivity contribution in [2.45, 2.75) is 32.4 Å². The van der Waals surface area contributed by atoms with Crippen molar-refractivity contribution in [3.8, 4) is 0 Å². The molecule has 2 aromatic heterocycles. The van der Waals surface area contributed by atoms with Crippen LogP contribution in [0.5, 0.6) is 0 Å². The summed E-state index contributed by atoms with van der Waals surface area (Å²) >= 11 is 0. The first-order valence-electron chi connectivity index (χ1n) is 6.15. The predicted octanol–water partition coefficient (Wildman–Crippen LogP) is 0.173. The van der Waals surface area contributed by atoms with Gasteiger partial charge in [-0.1, -0.05) is 6.42 Å². The van der Waals surface area contributed by atoms with E-state index in [-0.39, 0.29) is 0 Å². The van der Waals surface area contributed by atoms with Crippen LogP contribution < -0.4 is 0 Å². The Hall–Kier alpha value is -2.25. The molecule has 3 rings (SSSR count). The Morgan fingerprint density at radius 2 is 2.32 bits per heavy atom. The summed E-state index contributed by atoms with van der Waals surface area (Å²) in [6.07, 6.45) is 5.81. The van der Waals surface area contributed by atoms with Crippen molar-refractivity contribution in [3.63, 3.8) is 0 Å². The van der Waals surface area contributed by atoms with Crippen molar-refractivity contribution < 1.29 is 9.90 Å². The van der Waals surface area contributed by atoms with Gasteiger partial charge in [-0.25, -0.2) is 4.68 Å². The van der Waals surface area contributed by atoms with Gasteiger partial charge in [-0.2, -0.15) is 5.10 Å². The van der Waals surface area contributed by atoms with E-state index in [2.05, 4.69) is 20.6 Å². The van der Waals surface area contributed by atoms with Crippen LogP contribution in [0.15, 0.2) is 18.5 Å². The third-order valence-electron chi connectivity index (χ3n) is 3.69. The second kappa shape index (κ2) is 4.45. The van der Waals surface area contributed by atoms with Gasteiger partial charge < -0.3 is 5.11 Å². The summed E-state index contributed by atoms with van der Waals surface area (Å²) in [5.74, 6) is -0.143. The molecular weight excluding hydrogens is 248 g/mol. The van der Waals surface area contributed by atoms with Gasteiger partial charge in [0.25, 0.3) is 0 Å². The van der Waals surface area contributed by atoms with Crippen LogP contribution in [-0.2, 0) is 17.9 Å². The minimum atomic E-state index is -0.765. The molecule has 1 aliphatic carbocycles. The number of aliphatic carboxylic acids is 1. The Morgan fingerprint density at radius 3 is 2.89 bits per heavy atom. The zero-order valence-corrected chi connectivity index (χ0v) is 10.3. The number of carboxylic acids is 1. The molecule has 1 saturated carbocycles. The molecule has 100 valence electrons. The number of rotatable bonds is 5. The molecule has 2 aromatic rings. The number of hydrogen-bond donors (Lipinski definition) is 1. The zero-order valence-electron chi connectivity index (χ0n) is 10.3. The lowest BCUT2D eigenvalue weighted by Crippen LogP contribution is -2.42. The molecule has 19 heavy (non-hydrogen) atoms. The molecule has 0 radical (unpaired) electrons. The van der Waals surface area contributed by atoms with Gasteiger partial charge in [0.15, 0.2) is 5.82 Å². The van der Waals surface area contributed by atoms with Gasteiger partial charge >= 0.3 is 5.97 Å². The normalized spacial score (nSPS) is 17.1. The van der Waals surface area contributed by atoms with Gasteiger partial charge in [0.2, 0.25) is 0 Å².